The number of nitriles is 1. The predicted molar refractivity (Wildman–Crippen MR) is 111 cm³/mol. The van der Waals surface area contributed by atoms with Crippen LogP contribution in [0.3, 0.4) is 0 Å². The number of nitrogens with one attached hydrogen (secondary N) is 1. The number of ketones is 1. The minimum Gasteiger partial charge on any atom is -0.328 e. The van der Waals surface area contributed by atoms with E-state index in [4.69, 9.17) is 15.3 Å². The summed E-state index contributed by atoms with van der Waals surface area (Å²) >= 11 is 1.58. The molecule has 1 unspecified atom stereocenters. The molecule has 0 amide bonds. The molecule has 7 heteroatoms. The van der Waals surface area contributed by atoms with Gasteiger partial charge in [-0.15, -0.1) is 16.4 Å². The standard InChI is InChI=1S/C22H19N5OS/c1-22(2)10-15-18(16(28)11-22)19(14-7-5-13(12-23)6-8-14)27-21(24-15)25-20(26-27)17-4-3-9-29-17/h3-9,19H,10-11H2,1-2H3,(H,24,25,26). The third-order valence-electron chi connectivity index (χ3n) is 5.43. The van der Waals surface area contributed by atoms with E-state index in [1.165, 1.54) is 0 Å². The molecule has 1 aliphatic carbocycles. The van der Waals surface area contributed by atoms with Gasteiger partial charge in [-0.1, -0.05) is 32.0 Å². The van der Waals surface area contributed by atoms with Crippen LogP contribution in [-0.2, 0) is 4.79 Å². The Morgan fingerprint density at radius 3 is 2.72 bits per heavy atom. The fourth-order valence-electron chi connectivity index (χ4n) is 4.17. The minimum atomic E-state index is -0.348. The van der Waals surface area contributed by atoms with E-state index in [-0.39, 0.29) is 17.2 Å². The molecule has 1 aromatic carbocycles. The van der Waals surface area contributed by atoms with Crippen LogP contribution in [0.1, 0.15) is 43.9 Å². The largest absolute Gasteiger partial charge is 0.328 e. The summed E-state index contributed by atoms with van der Waals surface area (Å²) < 4.78 is 1.81. The van der Waals surface area contributed by atoms with E-state index in [1.807, 2.05) is 34.3 Å². The Hall–Kier alpha value is -3.24. The average Bonchev–Trinajstić information content (AvgIpc) is 3.35. The van der Waals surface area contributed by atoms with Crippen molar-refractivity contribution in [2.45, 2.75) is 32.7 Å². The lowest BCUT2D eigenvalue weighted by atomic mass is 9.73. The summed E-state index contributed by atoms with van der Waals surface area (Å²) in [6.45, 7) is 4.23. The van der Waals surface area contributed by atoms with Crippen LogP contribution >= 0.6 is 11.3 Å². The maximum Gasteiger partial charge on any atom is 0.226 e. The quantitative estimate of drug-likeness (QED) is 0.682. The third kappa shape index (κ3) is 2.97. The monoisotopic (exact) mass is 401 g/mol. The number of carbonyl (C=O) groups is 1. The highest BCUT2D eigenvalue weighted by molar-refractivity contribution is 7.13. The Bertz CT molecular complexity index is 1180. The summed E-state index contributed by atoms with van der Waals surface area (Å²) in [7, 11) is 0. The number of hydrogen-bond donors (Lipinski definition) is 1. The number of anilines is 1. The molecule has 0 saturated heterocycles. The summed E-state index contributed by atoms with van der Waals surface area (Å²) in [5.74, 6) is 1.43. The summed E-state index contributed by atoms with van der Waals surface area (Å²) in [5.41, 5.74) is 3.10. The van der Waals surface area contributed by atoms with Crippen molar-refractivity contribution in [3.63, 3.8) is 0 Å². The van der Waals surface area contributed by atoms with E-state index in [9.17, 15) is 4.79 Å². The molecular formula is C22H19N5OS. The Balaban J connectivity index is 1.69. The Morgan fingerprint density at radius 2 is 2.03 bits per heavy atom. The normalized spacial score (nSPS) is 19.9. The minimum absolute atomic E-state index is 0.100. The Labute approximate surface area is 172 Å². The molecule has 2 aromatic heterocycles. The van der Waals surface area contributed by atoms with Gasteiger partial charge in [-0.25, -0.2) is 4.68 Å². The number of fused-ring (bicyclic) bond motifs is 1. The van der Waals surface area contributed by atoms with Gasteiger partial charge in [0, 0.05) is 17.7 Å². The van der Waals surface area contributed by atoms with Crippen molar-refractivity contribution in [1.29, 1.82) is 5.26 Å². The van der Waals surface area contributed by atoms with Crippen LogP contribution in [0, 0.1) is 16.7 Å². The number of carbonyl (C=O) groups excluding carboxylic acids is 1. The summed E-state index contributed by atoms with van der Waals surface area (Å²) in [6, 6.07) is 13.1. The van der Waals surface area contributed by atoms with Crippen molar-refractivity contribution >= 4 is 23.1 Å². The van der Waals surface area contributed by atoms with Crippen molar-refractivity contribution in [2.75, 3.05) is 5.32 Å². The zero-order valence-corrected chi connectivity index (χ0v) is 17.0. The number of Topliss-reactive ketones (excluding diaryl/α,β-unsaturated/α-hetero) is 1. The Morgan fingerprint density at radius 1 is 1.24 bits per heavy atom. The highest BCUT2D eigenvalue weighted by Crippen LogP contribution is 2.45. The third-order valence-corrected chi connectivity index (χ3v) is 6.29. The molecule has 0 saturated carbocycles. The van der Waals surface area contributed by atoms with E-state index in [0.29, 0.717) is 23.8 Å². The molecule has 3 heterocycles. The molecule has 0 spiro atoms. The maximum atomic E-state index is 13.2. The average molecular weight is 401 g/mol. The van der Waals surface area contributed by atoms with Gasteiger partial charge in [-0.05, 0) is 41.0 Å². The summed E-state index contributed by atoms with van der Waals surface area (Å²) in [6.07, 6.45) is 1.28. The molecule has 1 aliphatic heterocycles. The van der Waals surface area contributed by atoms with Gasteiger partial charge in [0.05, 0.1) is 16.5 Å². The molecule has 3 aromatic rings. The first-order valence-electron chi connectivity index (χ1n) is 9.49. The van der Waals surface area contributed by atoms with Gasteiger partial charge < -0.3 is 5.32 Å². The van der Waals surface area contributed by atoms with E-state index in [2.05, 4.69) is 25.2 Å². The smallest absolute Gasteiger partial charge is 0.226 e. The molecule has 5 rings (SSSR count). The molecule has 6 nitrogen and oxygen atoms in total. The molecule has 1 atom stereocenters. The van der Waals surface area contributed by atoms with Crippen molar-refractivity contribution in [2.24, 2.45) is 5.41 Å². The van der Waals surface area contributed by atoms with Gasteiger partial charge in [-0.3, -0.25) is 4.79 Å². The number of rotatable bonds is 2. The van der Waals surface area contributed by atoms with Gasteiger partial charge >= 0.3 is 0 Å². The fourth-order valence-corrected chi connectivity index (χ4v) is 4.82. The fraction of sp³-hybridized carbons (Fsp3) is 0.273. The molecule has 0 fully saturated rings. The lowest BCUT2D eigenvalue weighted by Crippen LogP contribution is -2.36. The van der Waals surface area contributed by atoms with Crippen molar-refractivity contribution < 1.29 is 4.79 Å². The van der Waals surface area contributed by atoms with Crippen LogP contribution in [0.4, 0.5) is 5.95 Å². The van der Waals surface area contributed by atoms with Crippen LogP contribution < -0.4 is 5.32 Å². The number of aromatic nitrogens is 3. The van der Waals surface area contributed by atoms with Gasteiger partial charge in [0.25, 0.3) is 0 Å². The highest BCUT2D eigenvalue weighted by atomic mass is 32.1. The molecule has 0 bridgehead atoms. The molecular weight excluding hydrogens is 382 g/mol. The second-order valence-corrected chi connectivity index (χ2v) is 9.22. The van der Waals surface area contributed by atoms with Crippen molar-refractivity contribution in [1.82, 2.24) is 14.8 Å². The Kier molecular flexibility index (Phi) is 3.93. The lowest BCUT2D eigenvalue weighted by molar-refractivity contribution is -0.118. The topological polar surface area (TPSA) is 83.6 Å². The second kappa shape index (κ2) is 6.39. The zero-order chi connectivity index (χ0) is 20.2. The molecule has 2 aliphatic rings. The molecule has 1 N–H and O–H groups in total. The van der Waals surface area contributed by atoms with Crippen molar-refractivity contribution in [3.05, 3.63) is 64.2 Å². The number of allylic oxidation sites excluding steroid dienone is 2. The van der Waals surface area contributed by atoms with E-state index in [1.54, 1.807) is 23.5 Å². The molecule has 29 heavy (non-hydrogen) atoms. The van der Waals surface area contributed by atoms with Crippen LogP contribution in [0.15, 0.2) is 53.0 Å². The lowest BCUT2D eigenvalue weighted by Gasteiger charge is -2.38. The number of hydrogen-bond acceptors (Lipinski definition) is 6. The number of benzene rings is 1. The SMILES string of the molecule is CC1(C)CC(=O)C2=C(C1)Nc1nc(-c3cccs3)nn1C2c1ccc(C#N)cc1. The maximum absolute atomic E-state index is 13.2. The van der Waals surface area contributed by atoms with Gasteiger partial charge in [0.1, 0.15) is 6.04 Å². The van der Waals surface area contributed by atoms with E-state index in [0.717, 1.165) is 28.1 Å². The molecule has 0 radical (unpaired) electrons. The number of thiophene rings is 1. The van der Waals surface area contributed by atoms with Gasteiger partial charge in [-0.2, -0.15) is 10.2 Å². The van der Waals surface area contributed by atoms with Crippen LogP contribution in [0.25, 0.3) is 10.7 Å². The zero-order valence-electron chi connectivity index (χ0n) is 16.1. The summed E-state index contributed by atoms with van der Waals surface area (Å²) in [4.78, 5) is 18.9. The predicted octanol–water partition coefficient (Wildman–Crippen LogP) is 4.54. The van der Waals surface area contributed by atoms with E-state index >= 15 is 0 Å². The first-order chi connectivity index (χ1) is 13.9. The molecule has 144 valence electrons. The van der Waals surface area contributed by atoms with Crippen LogP contribution in [-0.4, -0.2) is 20.5 Å². The van der Waals surface area contributed by atoms with Gasteiger partial charge in [0.2, 0.25) is 5.95 Å². The number of nitrogens with zero attached hydrogens (tertiary/aromatic N) is 4. The summed E-state index contributed by atoms with van der Waals surface area (Å²) in [5, 5.41) is 19.3. The van der Waals surface area contributed by atoms with E-state index < -0.39 is 0 Å². The second-order valence-electron chi connectivity index (χ2n) is 8.28. The highest BCUT2D eigenvalue weighted by Gasteiger charge is 2.41. The van der Waals surface area contributed by atoms with Crippen LogP contribution in [0.5, 0.6) is 0 Å². The van der Waals surface area contributed by atoms with Crippen molar-refractivity contribution in [3.8, 4) is 16.8 Å². The first kappa shape index (κ1) is 17.8. The van der Waals surface area contributed by atoms with Gasteiger partial charge in [0.15, 0.2) is 11.6 Å². The van der Waals surface area contributed by atoms with Crippen LogP contribution in [0.2, 0.25) is 0 Å². The first-order valence-corrected chi connectivity index (χ1v) is 10.4.